The largest absolute Gasteiger partial charge is 0.372 e. The minimum absolute atomic E-state index is 0.741. The number of aromatic nitrogens is 1. The highest BCUT2D eigenvalue weighted by Gasteiger charge is 2.15. The number of anilines is 1. The number of halogens is 1. The van der Waals surface area contributed by atoms with Crippen LogP contribution in [0.25, 0.3) is 17.2 Å². The van der Waals surface area contributed by atoms with Gasteiger partial charge in [-0.1, -0.05) is 47.5 Å². The van der Waals surface area contributed by atoms with E-state index in [-0.39, 0.29) is 0 Å². The van der Waals surface area contributed by atoms with Crippen LogP contribution in [0.3, 0.4) is 0 Å². The molecule has 3 aromatic rings. The SMILES string of the molecule is Cc1cccc(-c2ccncc2C=CC2=NCCN(C)c3cc(Cl)ccc32)c1. The number of aliphatic imine (C=N–C) groups is 1. The summed E-state index contributed by atoms with van der Waals surface area (Å²) in [6.45, 7) is 3.73. The fraction of sp³-hybridized carbons (Fsp3) is 0.167. The van der Waals surface area contributed by atoms with Crippen LogP contribution in [0.5, 0.6) is 0 Å². The van der Waals surface area contributed by atoms with E-state index >= 15 is 0 Å². The summed E-state index contributed by atoms with van der Waals surface area (Å²) in [4.78, 5) is 11.3. The zero-order valence-electron chi connectivity index (χ0n) is 16.1. The number of pyridine rings is 1. The van der Waals surface area contributed by atoms with Crippen molar-refractivity contribution in [3.05, 3.63) is 88.7 Å². The molecule has 0 bridgehead atoms. The highest BCUT2D eigenvalue weighted by atomic mass is 35.5. The molecule has 4 rings (SSSR count). The van der Waals surface area contributed by atoms with Crippen LogP contribution in [-0.4, -0.2) is 30.8 Å². The lowest BCUT2D eigenvalue weighted by molar-refractivity contribution is 0.897. The molecule has 0 amide bonds. The number of rotatable bonds is 3. The van der Waals surface area contributed by atoms with Crippen LogP contribution < -0.4 is 4.90 Å². The molecule has 3 nitrogen and oxygen atoms in total. The summed E-state index contributed by atoms with van der Waals surface area (Å²) < 4.78 is 0. The maximum Gasteiger partial charge on any atom is 0.0668 e. The molecule has 0 N–H and O–H groups in total. The van der Waals surface area contributed by atoms with Gasteiger partial charge < -0.3 is 4.90 Å². The molecule has 0 atom stereocenters. The first kappa shape index (κ1) is 18.5. The molecule has 1 aromatic heterocycles. The molecule has 4 heteroatoms. The third kappa shape index (κ3) is 3.85. The Bertz CT molecular complexity index is 1070. The van der Waals surface area contributed by atoms with Crippen molar-refractivity contribution in [1.29, 1.82) is 0 Å². The number of benzene rings is 2. The fourth-order valence-electron chi connectivity index (χ4n) is 3.49. The first-order chi connectivity index (χ1) is 13.6. The topological polar surface area (TPSA) is 28.5 Å². The second-order valence-electron chi connectivity index (χ2n) is 7.02. The Morgan fingerprint density at radius 1 is 1.04 bits per heavy atom. The lowest BCUT2D eigenvalue weighted by Gasteiger charge is -2.19. The number of hydrogen-bond donors (Lipinski definition) is 0. The first-order valence-corrected chi connectivity index (χ1v) is 9.74. The average molecular weight is 388 g/mol. The molecule has 0 radical (unpaired) electrons. The monoisotopic (exact) mass is 387 g/mol. The molecule has 2 aromatic carbocycles. The number of benzodiazepines with no additional fused rings is 1. The van der Waals surface area contributed by atoms with Gasteiger partial charge in [0.1, 0.15) is 0 Å². The van der Waals surface area contributed by atoms with E-state index in [2.05, 4.69) is 66.3 Å². The number of likely N-dealkylation sites (N-methyl/N-ethyl adjacent to an activating group) is 1. The number of hydrogen-bond acceptors (Lipinski definition) is 3. The summed E-state index contributed by atoms with van der Waals surface area (Å²) in [7, 11) is 2.08. The van der Waals surface area contributed by atoms with Crippen LogP contribution in [0.1, 0.15) is 16.7 Å². The van der Waals surface area contributed by atoms with E-state index in [9.17, 15) is 0 Å². The zero-order valence-corrected chi connectivity index (χ0v) is 16.8. The summed E-state index contributed by atoms with van der Waals surface area (Å²) >= 11 is 6.22. The second kappa shape index (κ2) is 7.99. The van der Waals surface area contributed by atoms with Crippen molar-refractivity contribution >= 4 is 29.1 Å². The summed E-state index contributed by atoms with van der Waals surface area (Å²) in [6, 6.07) is 16.6. The molecule has 140 valence electrons. The van der Waals surface area contributed by atoms with Crippen LogP contribution in [0.4, 0.5) is 5.69 Å². The van der Waals surface area contributed by atoms with Gasteiger partial charge >= 0.3 is 0 Å². The van der Waals surface area contributed by atoms with Gasteiger partial charge in [0.2, 0.25) is 0 Å². The van der Waals surface area contributed by atoms with Gasteiger partial charge in [-0.25, -0.2) is 0 Å². The van der Waals surface area contributed by atoms with Crippen molar-refractivity contribution in [2.24, 2.45) is 4.99 Å². The Morgan fingerprint density at radius 3 is 2.79 bits per heavy atom. The van der Waals surface area contributed by atoms with Crippen LogP contribution in [0.15, 0.2) is 72.0 Å². The number of aryl methyl sites for hydroxylation is 1. The van der Waals surface area contributed by atoms with Gasteiger partial charge in [-0.05, 0) is 48.4 Å². The predicted octanol–water partition coefficient (Wildman–Crippen LogP) is 5.66. The predicted molar refractivity (Wildman–Crippen MR) is 120 cm³/mol. The van der Waals surface area contributed by atoms with Crippen molar-refractivity contribution in [3.8, 4) is 11.1 Å². The molecule has 0 saturated heterocycles. The number of nitrogens with zero attached hydrogens (tertiary/aromatic N) is 3. The minimum atomic E-state index is 0.741. The van der Waals surface area contributed by atoms with E-state index in [4.69, 9.17) is 16.6 Å². The molecule has 2 heterocycles. The Kier molecular flexibility index (Phi) is 5.27. The van der Waals surface area contributed by atoms with Crippen molar-refractivity contribution < 1.29 is 0 Å². The molecule has 1 aliphatic heterocycles. The highest BCUT2D eigenvalue weighted by molar-refractivity contribution is 6.31. The van der Waals surface area contributed by atoms with Crippen LogP contribution in [-0.2, 0) is 0 Å². The van der Waals surface area contributed by atoms with Crippen molar-refractivity contribution in [2.75, 3.05) is 25.0 Å². The summed E-state index contributed by atoms with van der Waals surface area (Å²) in [5.74, 6) is 0. The number of allylic oxidation sites excluding steroid dienone is 1. The van der Waals surface area contributed by atoms with Gasteiger partial charge in [-0.2, -0.15) is 0 Å². The van der Waals surface area contributed by atoms with E-state index in [1.165, 1.54) is 11.1 Å². The number of fused-ring (bicyclic) bond motifs is 1. The molecule has 0 saturated carbocycles. The molecule has 0 aliphatic carbocycles. The fourth-order valence-corrected chi connectivity index (χ4v) is 3.66. The molecular formula is C24H22ClN3. The summed E-state index contributed by atoms with van der Waals surface area (Å²) in [5, 5.41) is 0.741. The van der Waals surface area contributed by atoms with Crippen LogP contribution >= 0.6 is 11.6 Å². The van der Waals surface area contributed by atoms with E-state index in [1.54, 1.807) is 0 Å². The average Bonchev–Trinajstić information content (AvgIpc) is 2.85. The maximum atomic E-state index is 6.22. The smallest absolute Gasteiger partial charge is 0.0668 e. The normalized spacial score (nSPS) is 14.0. The Balaban J connectivity index is 1.73. The Morgan fingerprint density at radius 2 is 1.93 bits per heavy atom. The van der Waals surface area contributed by atoms with Gasteiger partial charge in [0.15, 0.2) is 0 Å². The Hall–Kier alpha value is -2.91. The highest BCUT2D eigenvalue weighted by Crippen LogP contribution is 2.28. The van der Waals surface area contributed by atoms with E-state index < -0.39 is 0 Å². The molecule has 0 fully saturated rings. The van der Waals surface area contributed by atoms with Gasteiger partial charge in [-0.15, -0.1) is 0 Å². The van der Waals surface area contributed by atoms with Gasteiger partial charge in [0.25, 0.3) is 0 Å². The lowest BCUT2D eigenvalue weighted by Crippen LogP contribution is -2.20. The van der Waals surface area contributed by atoms with Gasteiger partial charge in [-0.3, -0.25) is 9.98 Å². The van der Waals surface area contributed by atoms with Crippen LogP contribution in [0.2, 0.25) is 5.02 Å². The zero-order chi connectivity index (χ0) is 19.5. The first-order valence-electron chi connectivity index (χ1n) is 9.36. The summed E-state index contributed by atoms with van der Waals surface area (Å²) in [6.07, 6.45) is 7.93. The molecular weight excluding hydrogens is 366 g/mol. The Labute approximate surface area is 171 Å². The van der Waals surface area contributed by atoms with E-state index in [0.29, 0.717) is 0 Å². The molecule has 0 spiro atoms. The van der Waals surface area contributed by atoms with Crippen molar-refractivity contribution in [3.63, 3.8) is 0 Å². The molecule has 1 aliphatic rings. The third-order valence-electron chi connectivity index (χ3n) is 4.97. The van der Waals surface area contributed by atoms with Gasteiger partial charge in [0, 0.05) is 47.8 Å². The maximum absolute atomic E-state index is 6.22. The van der Waals surface area contributed by atoms with E-state index in [1.807, 2.05) is 30.6 Å². The second-order valence-corrected chi connectivity index (χ2v) is 7.45. The third-order valence-corrected chi connectivity index (χ3v) is 5.20. The van der Waals surface area contributed by atoms with E-state index in [0.717, 1.165) is 46.2 Å². The van der Waals surface area contributed by atoms with Gasteiger partial charge in [0.05, 0.1) is 12.3 Å². The lowest BCUT2D eigenvalue weighted by atomic mass is 9.99. The standard InChI is InChI=1S/C24H22ClN3/c1-17-4-3-5-18(14-17)21-10-11-26-16-19(21)6-9-23-22-8-7-20(25)15-24(22)28(2)13-12-27-23/h3-11,14-16H,12-13H2,1-2H3. The molecule has 0 unspecified atom stereocenters. The van der Waals surface area contributed by atoms with Crippen molar-refractivity contribution in [1.82, 2.24) is 4.98 Å². The summed E-state index contributed by atoms with van der Waals surface area (Å²) in [5.41, 5.74) is 7.85. The quantitative estimate of drug-likeness (QED) is 0.579. The minimum Gasteiger partial charge on any atom is -0.372 e. The molecule has 28 heavy (non-hydrogen) atoms. The van der Waals surface area contributed by atoms with Crippen molar-refractivity contribution in [2.45, 2.75) is 6.92 Å². The van der Waals surface area contributed by atoms with Crippen LogP contribution in [0, 0.1) is 6.92 Å².